The third kappa shape index (κ3) is 67.5. The van der Waals surface area contributed by atoms with Crippen molar-refractivity contribution >= 4 is 11.9 Å². The Hall–Kier alpha value is -1.66. The molecule has 0 aromatic heterocycles. The van der Waals surface area contributed by atoms with E-state index in [4.69, 9.17) is 4.74 Å². The highest BCUT2D eigenvalue weighted by atomic mass is 16.5. The number of esters is 1. The van der Waals surface area contributed by atoms with Gasteiger partial charge in [0.2, 0.25) is 5.91 Å². The van der Waals surface area contributed by atoms with Gasteiger partial charge in [0.25, 0.3) is 0 Å². The lowest BCUT2D eigenvalue weighted by Crippen LogP contribution is -2.45. The molecule has 0 radical (unpaired) electrons. The fraction of sp³-hybridized carbons (Fsp3) is 0.921. The summed E-state index contributed by atoms with van der Waals surface area (Å²) in [6.45, 7) is 4.99. The van der Waals surface area contributed by atoms with Crippen LogP contribution in [0.5, 0.6) is 0 Å². The second kappa shape index (κ2) is 71.8. The molecule has 0 rings (SSSR count). The van der Waals surface area contributed by atoms with Crippen LogP contribution in [0.3, 0.4) is 0 Å². The predicted molar refractivity (Wildman–Crippen MR) is 361 cm³/mol. The van der Waals surface area contributed by atoms with Crippen LogP contribution in [0.2, 0.25) is 0 Å². The van der Waals surface area contributed by atoms with E-state index < -0.39 is 12.1 Å². The summed E-state index contributed by atoms with van der Waals surface area (Å²) in [6.07, 6.45) is 90.9. The molecule has 0 aliphatic rings. The lowest BCUT2D eigenvalue weighted by Gasteiger charge is -2.22. The van der Waals surface area contributed by atoms with Crippen LogP contribution < -0.4 is 5.32 Å². The van der Waals surface area contributed by atoms with E-state index in [2.05, 4.69) is 43.5 Å². The van der Waals surface area contributed by atoms with Gasteiger partial charge in [-0.3, -0.25) is 9.59 Å². The number of carbonyl (C=O) groups excluding carboxylic acids is 2. The Bertz CT molecular complexity index is 1280. The van der Waals surface area contributed by atoms with Crippen molar-refractivity contribution in [3.05, 3.63) is 24.3 Å². The van der Waals surface area contributed by atoms with E-state index in [1.54, 1.807) is 0 Å². The number of hydrogen-bond donors (Lipinski definition) is 3. The summed E-state index contributed by atoms with van der Waals surface area (Å²) in [5.74, 6) is -0.0240. The molecule has 0 spiro atoms. The summed E-state index contributed by atoms with van der Waals surface area (Å²) < 4.78 is 5.51. The van der Waals surface area contributed by atoms with Crippen LogP contribution in [0.1, 0.15) is 425 Å². The van der Waals surface area contributed by atoms with E-state index in [1.165, 1.54) is 347 Å². The molecule has 0 aliphatic carbocycles. The zero-order valence-corrected chi connectivity index (χ0v) is 55.8. The third-order valence-corrected chi connectivity index (χ3v) is 17.7. The first-order chi connectivity index (χ1) is 40.5. The number of allylic oxidation sites excluding steroid dienone is 4. The number of unbranched alkanes of at least 4 members (excludes halogenated alkanes) is 56. The summed E-state index contributed by atoms with van der Waals surface area (Å²) in [6, 6.07) is -0.547. The topological polar surface area (TPSA) is 95.9 Å². The Labute approximate surface area is 513 Å². The van der Waals surface area contributed by atoms with Gasteiger partial charge in [0.05, 0.1) is 25.4 Å². The van der Waals surface area contributed by atoms with Gasteiger partial charge in [0.15, 0.2) is 0 Å². The second-order valence-corrected chi connectivity index (χ2v) is 26.0. The predicted octanol–water partition coefficient (Wildman–Crippen LogP) is 24.5. The maximum Gasteiger partial charge on any atom is 0.305 e. The number of hydrogen-bond acceptors (Lipinski definition) is 5. The molecule has 3 N–H and O–H groups in total. The summed E-state index contributed by atoms with van der Waals surface area (Å²) in [5, 5.41) is 23.4. The van der Waals surface area contributed by atoms with Gasteiger partial charge in [-0.1, -0.05) is 359 Å². The molecule has 6 nitrogen and oxygen atoms in total. The average molecular weight is 1160 g/mol. The van der Waals surface area contributed by atoms with Crippen molar-refractivity contribution in [2.24, 2.45) is 0 Å². The number of ether oxygens (including phenoxy) is 1. The fourth-order valence-electron chi connectivity index (χ4n) is 12.0. The molecule has 0 saturated heterocycles. The second-order valence-electron chi connectivity index (χ2n) is 26.0. The Morgan fingerprint density at radius 3 is 0.866 bits per heavy atom. The quantitative estimate of drug-likeness (QED) is 0.0320. The van der Waals surface area contributed by atoms with Crippen LogP contribution in [0.4, 0.5) is 0 Å². The number of rotatable bonds is 71. The molecule has 0 bridgehead atoms. The zero-order valence-electron chi connectivity index (χ0n) is 55.8. The van der Waals surface area contributed by atoms with Gasteiger partial charge in [0, 0.05) is 12.8 Å². The van der Waals surface area contributed by atoms with Crippen molar-refractivity contribution in [2.45, 2.75) is 437 Å². The molecule has 0 aromatic carbocycles. The number of nitrogens with one attached hydrogen (secondary N) is 1. The first kappa shape index (κ1) is 80.3. The highest BCUT2D eigenvalue weighted by Gasteiger charge is 2.20. The van der Waals surface area contributed by atoms with Crippen LogP contribution in [-0.4, -0.2) is 47.4 Å². The van der Waals surface area contributed by atoms with Crippen LogP contribution >= 0.6 is 0 Å². The minimum atomic E-state index is -0.670. The molecule has 0 saturated carbocycles. The van der Waals surface area contributed by atoms with Gasteiger partial charge in [-0.2, -0.15) is 0 Å². The van der Waals surface area contributed by atoms with Crippen molar-refractivity contribution in [3.8, 4) is 0 Å². The summed E-state index contributed by atoms with van der Waals surface area (Å²) in [5.41, 5.74) is 0. The number of aliphatic hydroxyl groups excluding tert-OH is 2. The Balaban J connectivity index is 3.39. The summed E-state index contributed by atoms with van der Waals surface area (Å²) in [4.78, 5) is 24.7. The molecule has 0 fully saturated rings. The van der Waals surface area contributed by atoms with E-state index in [9.17, 15) is 19.8 Å². The number of aliphatic hydroxyl groups is 2. The smallest absolute Gasteiger partial charge is 0.305 e. The van der Waals surface area contributed by atoms with E-state index in [0.29, 0.717) is 25.9 Å². The van der Waals surface area contributed by atoms with Crippen LogP contribution in [0, 0.1) is 0 Å². The third-order valence-electron chi connectivity index (χ3n) is 17.7. The monoisotopic (exact) mass is 1150 g/mol. The molecule has 0 aromatic rings. The molecule has 6 heteroatoms. The van der Waals surface area contributed by atoms with Gasteiger partial charge in [0.1, 0.15) is 0 Å². The van der Waals surface area contributed by atoms with Crippen molar-refractivity contribution in [3.63, 3.8) is 0 Å². The Kier molecular flexibility index (Phi) is 70.4. The minimum absolute atomic E-state index is 0.0123. The van der Waals surface area contributed by atoms with Crippen molar-refractivity contribution < 1.29 is 24.5 Å². The molecule has 2 unspecified atom stereocenters. The zero-order chi connectivity index (χ0) is 59.2. The molecule has 2 atom stereocenters. The van der Waals surface area contributed by atoms with Gasteiger partial charge in [-0.15, -0.1) is 0 Å². The SMILES string of the molecule is CCCCCCCC/C=C\CCCCCCCCCCCC(=O)OCCCCCCCCCCCCCC/C=C\CCCCCCCCCC(=O)NC(CO)C(O)CCCCCCCCCCCCCCCCCCCCCCCCC. The van der Waals surface area contributed by atoms with Crippen molar-refractivity contribution in [1.82, 2.24) is 5.32 Å². The van der Waals surface area contributed by atoms with Crippen molar-refractivity contribution in [1.29, 1.82) is 0 Å². The molecule has 0 heterocycles. The highest BCUT2D eigenvalue weighted by Crippen LogP contribution is 2.19. The number of amides is 1. The first-order valence-electron chi connectivity index (χ1n) is 37.6. The molecular weight excluding hydrogens is 1010 g/mol. The largest absolute Gasteiger partial charge is 0.466 e. The van der Waals surface area contributed by atoms with Crippen LogP contribution in [-0.2, 0) is 14.3 Å². The number of carbonyl (C=O) groups is 2. The summed E-state index contributed by atoms with van der Waals surface area (Å²) >= 11 is 0. The highest BCUT2D eigenvalue weighted by molar-refractivity contribution is 5.76. The molecular formula is C76H147NO5. The Morgan fingerprint density at radius 2 is 0.573 bits per heavy atom. The minimum Gasteiger partial charge on any atom is -0.466 e. The maximum absolute atomic E-state index is 12.6. The van der Waals surface area contributed by atoms with Gasteiger partial charge in [-0.25, -0.2) is 0 Å². The average Bonchev–Trinajstić information content (AvgIpc) is 3.48. The molecule has 0 aliphatic heterocycles. The Morgan fingerprint density at radius 1 is 0.329 bits per heavy atom. The molecule has 82 heavy (non-hydrogen) atoms. The maximum atomic E-state index is 12.6. The van der Waals surface area contributed by atoms with E-state index in [1.807, 2.05) is 0 Å². The van der Waals surface area contributed by atoms with Gasteiger partial charge < -0.3 is 20.3 Å². The molecule has 486 valence electrons. The van der Waals surface area contributed by atoms with Gasteiger partial charge in [-0.05, 0) is 77.0 Å². The first-order valence-corrected chi connectivity index (χ1v) is 37.6. The van der Waals surface area contributed by atoms with E-state index in [-0.39, 0.29) is 18.5 Å². The lowest BCUT2D eigenvalue weighted by molar-refractivity contribution is -0.143. The fourth-order valence-corrected chi connectivity index (χ4v) is 12.0. The lowest BCUT2D eigenvalue weighted by atomic mass is 10.0. The normalized spacial score (nSPS) is 12.6. The summed E-state index contributed by atoms with van der Waals surface area (Å²) in [7, 11) is 0. The van der Waals surface area contributed by atoms with E-state index in [0.717, 1.165) is 44.9 Å². The molecule has 1 amide bonds. The van der Waals surface area contributed by atoms with E-state index >= 15 is 0 Å². The van der Waals surface area contributed by atoms with Gasteiger partial charge >= 0.3 is 5.97 Å². The standard InChI is InChI=1S/C76H147NO5/c1-3-5-7-9-11-13-15-17-19-21-23-24-26-29-33-36-40-44-48-52-56-60-64-68-74(79)73(72-78)77-75(80)69-65-61-57-53-49-45-41-37-34-30-27-25-28-31-35-39-43-47-51-55-59-63-67-71-82-76(81)70-66-62-58-54-50-46-42-38-32-22-20-18-16-14-12-10-8-6-4-2/h18,20,30,34,73-74,78-79H,3-17,19,21-29,31-33,35-72H2,1-2H3,(H,77,80)/b20-18-,34-30-. The van der Waals surface area contributed by atoms with Crippen LogP contribution in [0.15, 0.2) is 24.3 Å². The van der Waals surface area contributed by atoms with Crippen molar-refractivity contribution in [2.75, 3.05) is 13.2 Å². The van der Waals surface area contributed by atoms with Crippen LogP contribution in [0.25, 0.3) is 0 Å².